The molecule has 92 valence electrons. The van der Waals surface area contributed by atoms with Crippen molar-refractivity contribution in [2.75, 3.05) is 0 Å². The summed E-state index contributed by atoms with van der Waals surface area (Å²) in [5, 5.41) is 13.1. The molecule has 17 heavy (non-hydrogen) atoms. The van der Waals surface area contributed by atoms with Crippen molar-refractivity contribution in [1.82, 2.24) is 4.98 Å². The first-order valence-electron chi connectivity index (χ1n) is 4.81. The summed E-state index contributed by atoms with van der Waals surface area (Å²) in [6.45, 7) is 0. The molecule has 7 nitrogen and oxygen atoms in total. The highest BCUT2D eigenvalue weighted by atomic mass is 32.2. The van der Waals surface area contributed by atoms with Crippen LogP contribution >= 0.6 is 0 Å². The van der Waals surface area contributed by atoms with Crippen LogP contribution in [0.15, 0.2) is 17.3 Å². The van der Waals surface area contributed by atoms with Crippen LogP contribution in [0.4, 0.5) is 0 Å². The number of carboxylic acids is 1. The highest BCUT2D eigenvalue weighted by Crippen LogP contribution is 2.27. The zero-order chi connectivity index (χ0) is 12.6. The number of pyridine rings is 1. The summed E-state index contributed by atoms with van der Waals surface area (Å²) in [6, 6.07) is 1.12. The van der Waals surface area contributed by atoms with Gasteiger partial charge in [-0.15, -0.1) is 0 Å². The van der Waals surface area contributed by atoms with Gasteiger partial charge >= 0.3 is 5.97 Å². The Morgan fingerprint density at radius 2 is 2.18 bits per heavy atom. The number of ether oxygens (including phenoxy) is 1. The molecule has 1 aromatic heterocycles. The van der Waals surface area contributed by atoms with Gasteiger partial charge in [0.1, 0.15) is 11.3 Å². The molecule has 0 radical (unpaired) electrons. The molecule has 1 fully saturated rings. The smallest absolute Gasteiger partial charge is 0.338 e. The van der Waals surface area contributed by atoms with Crippen molar-refractivity contribution in [2.45, 2.75) is 24.0 Å². The van der Waals surface area contributed by atoms with E-state index in [0.717, 1.165) is 25.1 Å². The zero-order valence-corrected chi connectivity index (χ0v) is 9.48. The second kappa shape index (κ2) is 3.97. The molecule has 1 aliphatic carbocycles. The molecule has 0 bridgehead atoms. The molecule has 2 rings (SSSR count). The number of nitrogens with zero attached hydrogens (tertiary/aromatic N) is 1. The molecular weight excluding hydrogens is 248 g/mol. The van der Waals surface area contributed by atoms with E-state index in [1.54, 1.807) is 0 Å². The Morgan fingerprint density at radius 1 is 1.53 bits per heavy atom. The van der Waals surface area contributed by atoms with Gasteiger partial charge in [-0.2, -0.15) is 0 Å². The molecular formula is C9H10N2O5S. The van der Waals surface area contributed by atoms with E-state index in [1.165, 1.54) is 0 Å². The lowest BCUT2D eigenvalue weighted by Crippen LogP contribution is -2.18. The summed E-state index contributed by atoms with van der Waals surface area (Å²) < 4.78 is 27.6. The molecule has 0 amide bonds. The third kappa shape index (κ3) is 2.71. The fourth-order valence-corrected chi connectivity index (χ4v) is 1.91. The lowest BCUT2D eigenvalue weighted by atomic mass is 10.3. The molecule has 1 aromatic rings. The van der Waals surface area contributed by atoms with Gasteiger partial charge in [-0.05, 0) is 18.9 Å². The van der Waals surface area contributed by atoms with E-state index in [4.69, 9.17) is 15.0 Å². The Labute approximate surface area is 97.3 Å². The van der Waals surface area contributed by atoms with Gasteiger partial charge in [0, 0.05) is 0 Å². The molecule has 0 aliphatic heterocycles. The van der Waals surface area contributed by atoms with Gasteiger partial charge in [0.2, 0.25) is 0 Å². The minimum absolute atomic E-state index is 0.0683. The summed E-state index contributed by atoms with van der Waals surface area (Å²) in [5.74, 6) is -1.18. The number of carbonyl (C=O) groups is 1. The average molecular weight is 258 g/mol. The Bertz CT molecular complexity index is 565. The van der Waals surface area contributed by atoms with Gasteiger partial charge in [-0.25, -0.2) is 23.3 Å². The number of sulfonamides is 1. The molecule has 0 aromatic carbocycles. The van der Waals surface area contributed by atoms with Crippen molar-refractivity contribution in [1.29, 1.82) is 0 Å². The molecule has 3 N–H and O–H groups in total. The van der Waals surface area contributed by atoms with Gasteiger partial charge in [0.25, 0.3) is 10.0 Å². The third-order valence-electron chi connectivity index (χ3n) is 2.15. The summed E-state index contributed by atoms with van der Waals surface area (Å²) in [5.41, 5.74) is -0.481. The minimum Gasteiger partial charge on any atom is -0.489 e. The van der Waals surface area contributed by atoms with E-state index >= 15 is 0 Å². The molecule has 8 heteroatoms. The number of aromatic carboxylic acids is 1. The maximum Gasteiger partial charge on any atom is 0.338 e. The first kappa shape index (κ1) is 11.8. The van der Waals surface area contributed by atoms with Crippen LogP contribution in [0.5, 0.6) is 5.75 Å². The standard InChI is InChI=1S/C9H10N2O5S/c10-17(14,15)8-7(9(12)13)3-6(4-11-8)16-5-1-2-5/h3-5H,1-2H2,(H,12,13)(H2,10,14,15). The van der Waals surface area contributed by atoms with Gasteiger partial charge in [0.05, 0.1) is 12.3 Å². The Balaban J connectivity index is 2.43. The van der Waals surface area contributed by atoms with Crippen LogP contribution in [0, 0.1) is 0 Å². The van der Waals surface area contributed by atoms with Gasteiger partial charge in [-0.1, -0.05) is 0 Å². The number of hydrogen-bond donors (Lipinski definition) is 2. The molecule has 1 heterocycles. The van der Waals surface area contributed by atoms with Gasteiger partial charge in [0.15, 0.2) is 5.03 Å². The SMILES string of the molecule is NS(=O)(=O)c1ncc(OC2CC2)cc1C(=O)O. The third-order valence-corrected chi connectivity index (χ3v) is 3.02. The normalized spacial score (nSPS) is 15.6. The van der Waals surface area contributed by atoms with E-state index in [0.29, 0.717) is 0 Å². The van der Waals surface area contributed by atoms with Crippen molar-refractivity contribution in [3.63, 3.8) is 0 Å². The topological polar surface area (TPSA) is 120 Å². The van der Waals surface area contributed by atoms with Crippen LogP contribution in [-0.2, 0) is 10.0 Å². The number of carboxylic acid groups (broad SMARTS) is 1. The number of aromatic nitrogens is 1. The number of rotatable bonds is 4. The Hall–Kier alpha value is -1.67. The largest absolute Gasteiger partial charge is 0.489 e. The minimum atomic E-state index is -4.16. The van der Waals surface area contributed by atoms with E-state index in [2.05, 4.69) is 4.98 Å². The van der Waals surface area contributed by atoms with Crippen LogP contribution in [-0.4, -0.2) is 30.6 Å². The fraction of sp³-hybridized carbons (Fsp3) is 0.333. The predicted molar refractivity (Wildman–Crippen MR) is 56.2 cm³/mol. The van der Waals surface area contributed by atoms with Crippen molar-refractivity contribution in [3.05, 3.63) is 17.8 Å². The Morgan fingerprint density at radius 3 is 2.65 bits per heavy atom. The van der Waals surface area contributed by atoms with E-state index < -0.39 is 26.6 Å². The molecule has 0 saturated heterocycles. The van der Waals surface area contributed by atoms with Crippen molar-refractivity contribution >= 4 is 16.0 Å². The number of nitrogens with two attached hydrogens (primary N) is 1. The highest BCUT2D eigenvalue weighted by Gasteiger charge is 2.26. The molecule has 1 aliphatic rings. The van der Waals surface area contributed by atoms with E-state index in [1.807, 2.05) is 0 Å². The summed E-state index contributed by atoms with van der Waals surface area (Å²) in [4.78, 5) is 14.4. The predicted octanol–water partition coefficient (Wildman–Crippen LogP) is -0.0316. The van der Waals surface area contributed by atoms with Gasteiger partial charge < -0.3 is 9.84 Å². The van der Waals surface area contributed by atoms with Gasteiger partial charge in [-0.3, -0.25) is 0 Å². The molecule has 0 unspecified atom stereocenters. The summed E-state index contributed by atoms with van der Waals surface area (Å²) in [6.07, 6.45) is 3.03. The van der Waals surface area contributed by atoms with Crippen LogP contribution in [0.2, 0.25) is 0 Å². The van der Waals surface area contributed by atoms with Crippen molar-refractivity contribution < 1.29 is 23.1 Å². The number of primary sulfonamides is 1. The monoisotopic (exact) mass is 258 g/mol. The first-order valence-corrected chi connectivity index (χ1v) is 6.35. The van der Waals surface area contributed by atoms with E-state index in [9.17, 15) is 13.2 Å². The molecule has 1 saturated carbocycles. The van der Waals surface area contributed by atoms with E-state index in [-0.39, 0.29) is 11.9 Å². The van der Waals surface area contributed by atoms with Crippen LogP contribution in [0.3, 0.4) is 0 Å². The molecule has 0 atom stereocenters. The number of hydrogen-bond acceptors (Lipinski definition) is 5. The summed E-state index contributed by atoms with van der Waals surface area (Å²) >= 11 is 0. The first-order chi connectivity index (χ1) is 7.88. The quantitative estimate of drug-likeness (QED) is 0.782. The lowest BCUT2D eigenvalue weighted by molar-refractivity contribution is 0.0691. The highest BCUT2D eigenvalue weighted by molar-refractivity contribution is 7.89. The van der Waals surface area contributed by atoms with Crippen LogP contribution in [0.25, 0.3) is 0 Å². The van der Waals surface area contributed by atoms with Crippen molar-refractivity contribution in [2.24, 2.45) is 5.14 Å². The summed E-state index contributed by atoms with van der Waals surface area (Å²) in [7, 11) is -4.16. The second-order valence-corrected chi connectivity index (χ2v) is 5.17. The second-order valence-electron chi connectivity index (χ2n) is 3.69. The maximum atomic E-state index is 11.1. The maximum absolute atomic E-state index is 11.1. The Kier molecular flexibility index (Phi) is 2.76. The molecule has 0 spiro atoms. The van der Waals surface area contributed by atoms with Crippen LogP contribution in [0.1, 0.15) is 23.2 Å². The van der Waals surface area contributed by atoms with Crippen molar-refractivity contribution in [3.8, 4) is 5.75 Å². The lowest BCUT2D eigenvalue weighted by Gasteiger charge is -2.07. The van der Waals surface area contributed by atoms with Crippen LogP contribution < -0.4 is 9.88 Å². The fourth-order valence-electron chi connectivity index (χ4n) is 1.26. The average Bonchev–Trinajstić information content (AvgIpc) is 2.99. The zero-order valence-electron chi connectivity index (χ0n) is 8.66.